The van der Waals surface area contributed by atoms with E-state index in [1.165, 1.54) is 51.4 Å². The number of rotatable bonds is 9. The molecule has 86 valence electrons. The lowest BCUT2D eigenvalue weighted by Crippen LogP contribution is -2.03. The zero-order valence-corrected chi connectivity index (χ0v) is 10.8. The van der Waals surface area contributed by atoms with Crippen LogP contribution in [0, 0.1) is 11.8 Å². The topological polar surface area (TPSA) is 0 Å². The zero-order chi connectivity index (χ0) is 10.8. The van der Waals surface area contributed by atoms with Crippen LogP contribution in [0.25, 0.3) is 0 Å². The average Bonchev–Trinajstić information content (AvgIpc) is 2.13. The second-order valence-corrected chi connectivity index (χ2v) is 5.08. The fraction of sp³-hybridized carbons (Fsp3) is 1.00. The zero-order valence-electron chi connectivity index (χ0n) is 10.8. The van der Waals surface area contributed by atoms with Gasteiger partial charge in [-0.1, -0.05) is 72.6 Å². The van der Waals surface area contributed by atoms with Crippen LogP contribution in [0.3, 0.4) is 0 Å². The average molecular weight is 198 g/mol. The highest BCUT2D eigenvalue weighted by Crippen LogP contribution is 2.21. The minimum atomic E-state index is 0.946. The SMILES string of the molecule is CCCCCC[C@H](C)C[C@H](C)CCC. The molecule has 0 radical (unpaired) electrons. The third-order valence-corrected chi connectivity index (χ3v) is 3.14. The largest absolute Gasteiger partial charge is 0.0654 e. The molecule has 0 aromatic carbocycles. The first-order valence-electron chi connectivity index (χ1n) is 6.70. The Morgan fingerprint density at radius 1 is 0.714 bits per heavy atom. The van der Waals surface area contributed by atoms with Crippen molar-refractivity contribution in [2.75, 3.05) is 0 Å². The maximum absolute atomic E-state index is 2.43. The van der Waals surface area contributed by atoms with Gasteiger partial charge in [0.1, 0.15) is 0 Å². The third-order valence-electron chi connectivity index (χ3n) is 3.14. The summed E-state index contributed by atoms with van der Waals surface area (Å²) in [4.78, 5) is 0. The first kappa shape index (κ1) is 14.0. The lowest BCUT2D eigenvalue weighted by Gasteiger charge is -2.16. The molecule has 0 unspecified atom stereocenters. The molecule has 0 aromatic heterocycles. The Hall–Kier alpha value is 0. The highest BCUT2D eigenvalue weighted by Gasteiger charge is 2.07. The Kier molecular flexibility index (Phi) is 9.55. The molecular formula is C14H30. The van der Waals surface area contributed by atoms with E-state index in [-0.39, 0.29) is 0 Å². The molecule has 14 heavy (non-hydrogen) atoms. The molecule has 0 bridgehead atoms. The fourth-order valence-electron chi connectivity index (χ4n) is 2.33. The van der Waals surface area contributed by atoms with Crippen molar-refractivity contribution < 1.29 is 0 Å². The summed E-state index contributed by atoms with van der Waals surface area (Å²) in [5.41, 5.74) is 0. The minimum absolute atomic E-state index is 0.946. The van der Waals surface area contributed by atoms with E-state index in [4.69, 9.17) is 0 Å². The summed E-state index contributed by atoms with van der Waals surface area (Å²) >= 11 is 0. The quantitative estimate of drug-likeness (QED) is 0.434. The van der Waals surface area contributed by atoms with Crippen molar-refractivity contribution >= 4 is 0 Å². The van der Waals surface area contributed by atoms with E-state index < -0.39 is 0 Å². The first-order valence-corrected chi connectivity index (χ1v) is 6.70. The van der Waals surface area contributed by atoms with E-state index in [1.807, 2.05) is 0 Å². The Morgan fingerprint density at radius 2 is 1.36 bits per heavy atom. The van der Waals surface area contributed by atoms with E-state index in [1.54, 1.807) is 0 Å². The molecule has 0 saturated carbocycles. The molecule has 0 nitrogen and oxygen atoms in total. The molecule has 0 saturated heterocycles. The Morgan fingerprint density at radius 3 is 1.93 bits per heavy atom. The van der Waals surface area contributed by atoms with Crippen LogP contribution in [0.1, 0.15) is 79.1 Å². The third kappa shape index (κ3) is 8.59. The highest BCUT2D eigenvalue weighted by molar-refractivity contribution is 4.59. The summed E-state index contributed by atoms with van der Waals surface area (Å²) in [7, 11) is 0. The Bertz CT molecular complexity index is 107. The summed E-state index contributed by atoms with van der Waals surface area (Å²) in [5.74, 6) is 1.90. The van der Waals surface area contributed by atoms with E-state index in [2.05, 4.69) is 27.7 Å². The Balaban J connectivity index is 3.30. The molecule has 0 heterocycles. The van der Waals surface area contributed by atoms with Crippen molar-refractivity contribution in [3.05, 3.63) is 0 Å². The van der Waals surface area contributed by atoms with Gasteiger partial charge in [-0.15, -0.1) is 0 Å². The van der Waals surface area contributed by atoms with Crippen LogP contribution in [0.15, 0.2) is 0 Å². The molecule has 0 aromatic rings. The number of hydrogen-bond donors (Lipinski definition) is 0. The molecule has 0 rings (SSSR count). The molecule has 0 spiro atoms. The summed E-state index contributed by atoms with van der Waals surface area (Å²) < 4.78 is 0. The monoisotopic (exact) mass is 198 g/mol. The maximum Gasteiger partial charge on any atom is -0.0440 e. The lowest BCUT2D eigenvalue weighted by atomic mass is 9.90. The van der Waals surface area contributed by atoms with Gasteiger partial charge < -0.3 is 0 Å². The number of unbranched alkanes of at least 4 members (excludes halogenated alkanes) is 3. The van der Waals surface area contributed by atoms with Crippen LogP contribution in [0.5, 0.6) is 0 Å². The molecule has 0 N–H and O–H groups in total. The lowest BCUT2D eigenvalue weighted by molar-refractivity contribution is 0.365. The molecule has 0 fully saturated rings. The predicted octanol–water partition coefficient (Wildman–Crippen LogP) is 5.42. The van der Waals surface area contributed by atoms with Crippen molar-refractivity contribution in [1.29, 1.82) is 0 Å². The molecule has 0 aliphatic rings. The molecular weight excluding hydrogens is 168 g/mol. The molecule has 0 amide bonds. The van der Waals surface area contributed by atoms with Crippen LogP contribution in [0.4, 0.5) is 0 Å². The van der Waals surface area contributed by atoms with Crippen molar-refractivity contribution in [1.82, 2.24) is 0 Å². The van der Waals surface area contributed by atoms with Gasteiger partial charge in [0.2, 0.25) is 0 Å². The van der Waals surface area contributed by atoms with Gasteiger partial charge in [-0.3, -0.25) is 0 Å². The highest BCUT2D eigenvalue weighted by atomic mass is 14.1. The van der Waals surface area contributed by atoms with Crippen LogP contribution < -0.4 is 0 Å². The maximum atomic E-state index is 2.43. The summed E-state index contributed by atoms with van der Waals surface area (Å²) in [6.45, 7) is 9.42. The summed E-state index contributed by atoms with van der Waals surface area (Å²) in [6.07, 6.45) is 11.4. The van der Waals surface area contributed by atoms with E-state index >= 15 is 0 Å². The molecule has 0 aliphatic carbocycles. The standard InChI is InChI=1S/C14H30/c1-5-7-8-9-11-14(4)12-13(3)10-6-2/h13-14H,5-12H2,1-4H3/t13-,14+/m1/s1. The van der Waals surface area contributed by atoms with E-state index in [0.29, 0.717) is 0 Å². The second kappa shape index (κ2) is 9.55. The van der Waals surface area contributed by atoms with Gasteiger partial charge in [-0.05, 0) is 18.3 Å². The van der Waals surface area contributed by atoms with Gasteiger partial charge in [0.25, 0.3) is 0 Å². The van der Waals surface area contributed by atoms with E-state index in [9.17, 15) is 0 Å². The van der Waals surface area contributed by atoms with Gasteiger partial charge in [-0.2, -0.15) is 0 Å². The van der Waals surface area contributed by atoms with Crippen molar-refractivity contribution in [3.63, 3.8) is 0 Å². The Labute approximate surface area is 91.5 Å². The van der Waals surface area contributed by atoms with Gasteiger partial charge in [0.15, 0.2) is 0 Å². The summed E-state index contributed by atoms with van der Waals surface area (Å²) in [6, 6.07) is 0. The molecule has 0 heteroatoms. The second-order valence-electron chi connectivity index (χ2n) is 5.08. The van der Waals surface area contributed by atoms with Gasteiger partial charge >= 0.3 is 0 Å². The van der Waals surface area contributed by atoms with Gasteiger partial charge in [0.05, 0.1) is 0 Å². The van der Waals surface area contributed by atoms with Crippen LogP contribution in [-0.2, 0) is 0 Å². The summed E-state index contributed by atoms with van der Waals surface area (Å²) in [5, 5.41) is 0. The van der Waals surface area contributed by atoms with Crippen LogP contribution >= 0.6 is 0 Å². The van der Waals surface area contributed by atoms with Crippen molar-refractivity contribution in [3.8, 4) is 0 Å². The van der Waals surface area contributed by atoms with Crippen LogP contribution in [-0.4, -0.2) is 0 Å². The van der Waals surface area contributed by atoms with Gasteiger partial charge in [0, 0.05) is 0 Å². The molecule has 2 atom stereocenters. The van der Waals surface area contributed by atoms with Crippen molar-refractivity contribution in [2.45, 2.75) is 79.1 Å². The minimum Gasteiger partial charge on any atom is -0.0654 e. The normalized spacial score (nSPS) is 15.4. The fourth-order valence-corrected chi connectivity index (χ4v) is 2.33. The van der Waals surface area contributed by atoms with Gasteiger partial charge in [-0.25, -0.2) is 0 Å². The predicted molar refractivity (Wildman–Crippen MR) is 66.6 cm³/mol. The smallest absolute Gasteiger partial charge is 0.0440 e. The molecule has 0 aliphatic heterocycles. The number of hydrogen-bond acceptors (Lipinski definition) is 0. The van der Waals surface area contributed by atoms with E-state index in [0.717, 1.165) is 11.8 Å². The first-order chi connectivity index (χ1) is 6.70. The van der Waals surface area contributed by atoms with Crippen molar-refractivity contribution in [2.24, 2.45) is 11.8 Å². The van der Waals surface area contributed by atoms with Crippen LogP contribution in [0.2, 0.25) is 0 Å².